The normalized spacial score (nSPS) is 12.6. The van der Waals surface area contributed by atoms with E-state index in [2.05, 4.69) is 50.3 Å². The van der Waals surface area contributed by atoms with E-state index in [0.717, 1.165) is 57.8 Å². The molecule has 0 spiro atoms. The molecule has 0 saturated heterocycles. The highest BCUT2D eigenvalue weighted by Crippen LogP contribution is 2.15. The number of ether oxygens (including phenoxy) is 1. The van der Waals surface area contributed by atoms with E-state index in [1.807, 2.05) is 0 Å². The molecule has 4 nitrogen and oxygen atoms in total. The van der Waals surface area contributed by atoms with E-state index >= 15 is 0 Å². The lowest BCUT2D eigenvalue weighted by Crippen LogP contribution is -2.16. The molecule has 1 unspecified atom stereocenters. The quantitative estimate of drug-likeness (QED) is 0.0444. The Morgan fingerprint density at radius 1 is 0.523 bits per heavy atom. The van der Waals surface area contributed by atoms with E-state index < -0.39 is 5.97 Å². The second kappa shape index (κ2) is 35.6. The number of carbonyl (C=O) groups is 2. The lowest BCUT2D eigenvalue weighted by Gasteiger charge is -2.15. The van der Waals surface area contributed by atoms with Crippen LogP contribution in [0.5, 0.6) is 0 Å². The second-order valence-corrected chi connectivity index (χ2v) is 12.8. The molecule has 4 heteroatoms. The molecule has 0 aromatic carbocycles. The third kappa shape index (κ3) is 34.6. The van der Waals surface area contributed by atoms with Gasteiger partial charge in [0.1, 0.15) is 6.10 Å². The van der Waals surface area contributed by atoms with Gasteiger partial charge in [0.15, 0.2) is 0 Å². The maximum Gasteiger partial charge on any atom is 0.306 e. The standard InChI is InChI=1S/C40H72O4/c1-3-5-7-9-11-12-13-14-15-16-17-18-19-20-21-22-23-24-25-27-33-37-40(43)44-38(34-30-26-10-8-6-4-2)35-31-28-29-32-36-39(41)42/h13-14,16-17,30,34,38H,3-12,15,18-29,31-33,35-37H2,1-2H3,(H,41,42)/b14-13-,17-16-,34-30-. The number of hydrogen-bond acceptors (Lipinski definition) is 3. The van der Waals surface area contributed by atoms with Crippen molar-refractivity contribution in [2.24, 2.45) is 0 Å². The minimum absolute atomic E-state index is 0.0700. The first-order chi connectivity index (χ1) is 21.6. The third-order valence-electron chi connectivity index (χ3n) is 8.32. The van der Waals surface area contributed by atoms with Crippen molar-refractivity contribution in [2.45, 2.75) is 206 Å². The largest absolute Gasteiger partial charge is 0.481 e. The van der Waals surface area contributed by atoms with Gasteiger partial charge in [0, 0.05) is 12.8 Å². The van der Waals surface area contributed by atoms with Crippen molar-refractivity contribution in [1.82, 2.24) is 0 Å². The van der Waals surface area contributed by atoms with Crippen LogP contribution < -0.4 is 0 Å². The number of unbranched alkanes of at least 4 members (excludes halogenated alkanes) is 21. The Bertz CT molecular complexity index is 708. The average Bonchev–Trinajstić information content (AvgIpc) is 3.01. The highest BCUT2D eigenvalue weighted by molar-refractivity contribution is 5.69. The molecule has 0 aliphatic heterocycles. The van der Waals surface area contributed by atoms with Crippen LogP contribution in [-0.2, 0) is 14.3 Å². The van der Waals surface area contributed by atoms with Crippen LogP contribution in [0.1, 0.15) is 200 Å². The monoisotopic (exact) mass is 617 g/mol. The van der Waals surface area contributed by atoms with Crippen LogP contribution >= 0.6 is 0 Å². The molecule has 0 aromatic rings. The molecule has 0 amide bonds. The fourth-order valence-electron chi connectivity index (χ4n) is 5.48. The Morgan fingerprint density at radius 2 is 0.955 bits per heavy atom. The Morgan fingerprint density at radius 3 is 1.50 bits per heavy atom. The van der Waals surface area contributed by atoms with Gasteiger partial charge in [-0.1, -0.05) is 147 Å². The van der Waals surface area contributed by atoms with Crippen molar-refractivity contribution in [3.8, 4) is 0 Å². The van der Waals surface area contributed by atoms with Crippen LogP contribution in [0.2, 0.25) is 0 Å². The van der Waals surface area contributed by atoms with Gasteiger partial charge < -0.3 is 9.84 Å². The molecule has 1 N–H and O–H groups in total. The summed E-state index contributed by atoms with van der Waals surface area (Å²) in [5, 5.41) is 8.79. The molecule has 0 aliphatic rings. The minimum Gasteiger partial charge on any atom is -0.481 e. The fraction of sp³-hybridized carbons (Fsp3) is 0.800. The number of carbonyl (C=O) groups excluding carboxylic acids is 1. The molecule has 0 bridgehead atoms. The first kappa shape index (κ1) is 42.2. The number of hydrogen-bond donors (Lipinski definition) is 1. The van der Waals surface area contributed by atoms with E-state index in [4.69, 9.17) is 9.84 Å². The van der Waals surface area contributed by atoms with Gasteiger partial charge in [-0.15, -0.1) is 0 Å². The number of carboxylic acids is 1. The summed E-state index contributed by atoms with van der Waals surface area (Å²) in [7, 11) is 0. The molecular formula is C40H72O4. The summed E-state index contributed by atoms with van der Waals surface area (Å²) in [6.45, 7) is 4.49. The average molecular weight is 617 g/mol. The number of aliphatic carboxylic acids is 1. The van der Waals surface area contributed by atoms with Gasteiger partial charge in [0.25, 0.3) is 0 Å². The summed E-state index contributed by atoms with van der Waals surface area (Å²) in [6, 6.07) is 0. The van der Waals surface area contributed by atoms with Crippen LogP contribution in [0, 0.1) is 0 Å². The molecule has 256 valence electrons. The summed E-state index contributed by atoms with van der Waals surface area (Å²) >= 11 is 0. The highest BCUT2D eigenvalue weighted by Gasteiger charge is 2.11. The summed E-state index contributed by atoms with van der Waals surface area (Å²) < 4.78 is 5.84. The van der Waals surface area contributed by atoms with Crippen molar-refractivity contribution < 1.29 is 19.4 Å². The summed E-state index contributed by atoms with van der Waals surface area (Å²) in [4.78, 5) is 23.2. The van der Waals surface area contributed by atoms with E-state index in [0.29, 0.717) is 6.42 Å². The first-order valence-electron chi connectivity index (χ1n) is 19.0. The minimum atomic E-state index is -0.723. The van der Waals surface area contributed by atoms with Gasteiger partial charge in [-0.25, -0.2) is 0 Å². The molecule has 0 saturated carbocycles. The van der Waals surface area contributed by atoms with Crippen molar-refractivity contribution in [1.29, 1.82) is 0 Å². The zero-order chi connectivity index (χ0) is 32.2. The number of rotatable bonds is 34. The SMILES string of the molecule is CCCCCC/C=C\C(CCCCCCC(=O)O)OC(=O)CCCCCCCCCCC/C=C\C/C=C\CCCCCCC. The van der Waals surface area contributed by atoms with Gasteiger partial charge in [0.05, 0.1) is 0 Å². The Labute approximate surface area is 273 Å². The molecule has 1 atom stereocenters. The predicted molar refractivity (Wildman–Crippen MR) is 190 cm³/mol. The van der Waals surface area contributed by atoms with E-state index in [1.54, 1.807) is 0 Å². The lowest BCUT2D eigenvalue weighted by atomic mass is 10.1. The van der Waals surface area contributed by atoms with Crippen molar-refractivity contribution in [2.75, 3.05) is 0 Å². The van der Waals surface area contributed by atoms with E-state index in [9.17, 15) is 9.59 Å². The summed E-state index contributed by atoms with van der Waals surface area (Å²) in [5.74, 6) is -0.793. The van der Waals surface area contributed by atoms with Gasteiger partial charge in [-0.05, 0) is 76.7 Å². The Balaban J connectivity index is 3.81. The van der Waals surface area contributed by atoms with Crippen molar-refractivity contribution in [3.05, 3.63) is 36.5 Å². The maximum atomic E-state index is 12.5. The predicted octanol–water partition coefficient (Wildman–Crippen LogP) is 13.0. The van der Waals surface area contributed by atoms with Crippen LogP contribution in [-0.4, -0.2) is 23.1 Å². The smallest absolute Gasteiger partial charge is 0.306 e. The molecule has 0 rings (SSSR count). The number of esters is 1. The summed E-state index contributed by atoms with van der Waals surface area (Å²) in [6.07, 6.45) is 46.1. The molecule has 0 radical (unpaired) electrons. The van der Waals surface area contributed by atoms with E-state index in [1.165, 1.54) is 116 Å². The molecule has 0 fully saturated rings. The maximum absolute atomic E-state index is 12.5. The molecule has 44 heavy (non-hydrogen) atoms. The molecular weight excluding hydrogens is 544 g/mol. The lowest BCUT2D eigenvalue weighted by molar-refractivity contribution is -0.147. The van der Waals surface area contributed by atoms with Gasteiger partial charge >= 0.3 is 11.9 Å². The Kier molecular flexibility index (Phi) is 34.1. The Hall–Kier alpha value is -1.84. The third-order valence-corrected chi connectivity index (χ3v) is 8.32. The van der Waals surface area contributed by atoms with Crippen molar-refractivity contribution >= 4 is 11.9 Å². The van der Waals surface area contributed by atoms with Crippen LogP contribution in [0.4, 0.5) is 0 Å². The van der Waals surface area contributed by atoms with Crippen LogP contribution in [0.3, 0.4) is 0 Å². The topological polar surface area (TPSA) is 63.6 Å². The highest BCUT2D eigenvalue weighted by atomic mass is 16.5. The van der Waals surface area contributed by atoms with Gasteiger partial charge in [-0.2, -0.15) is 0 Å². The van der Waals surface area contributed by atoms with Crippen molar-refractivity contribution in [3.63, 3.8) is 0 Å². The molecule has 0 aromatic heterocycles. The first-order valence-corrected chi connectivity index (χ1v) is 19.0. The number of carboxylic acid groups (broad SMARTS) is 1. The second-order valence-electron chi connectivity index (χ2n) is 12.8. The van der Waals surface area contributed by atoms with E-state index in [-0.39, 0.29) is 18.5 Å². The van der Waals surface area contributed by atoms with Gasteiger partial charge in [-0.3, -0.25) is 9.59 Å². The number of allylic oxidation sites excluding steroid dienone is 5. The molecule has 0 aliphatic carbocycles. The zero-order valence-electron chi connectivity index (χ0n) is 29.2. The van der Waals surface area contributed by atoms with Crippen LogP contribution in [0.25, 0.3) is 0 Å². The molecule has 0 heterocycles. The van der Waals surface area contributed by atoms with Crippen LogP contribution in [0.15, 0.2) is 36.5 Å². The zero-order valence-corrected chi connectivity index (χ0v) is 29.2. The summed E-state index contributed by atoms with van der Waals surface area (Å²) in [5.41, 5.74) is 0. The fourth-order valence-corrected chi connectivity index (χ4v) is 5.48. The van der Waals surface area contributed by atoms with Gasteiger partial charge in [0.2, 0.25) is 0 Å².